The lowest BCUT2D eigenvalue weighted by atomic mass is 10.0. The summed E-state index contributed by atoms with van der Waals surface area (Å²) in [6.07, 6.45) is 2.61. The fraction of sp³-hybridized carbons (Fsp3) is 0.316. The Labute approximate surface area is 141 Å². The Hall–Kier alpha value is -2.53. The molecule has 0 fully saturated rings. The van der Waals surface area contributed by atoms with Crippen LogP contribution >= 0.6 is 0 Å². The van der Waals surface area contributed by atoms with Crippen LogP contribution in [0, 0.1) is 0 Å². The highest BCUT2D eigenvalue weighted by Gasteiger charge is 2.09. The smallest absolute Gasteiger partial charge is 0.409 e. The monoisotopic (exact) mass is 329 g/mol. The zero-order valence-corrected chi connectivity index (χ0v) is 13.6. The molecule has 3 N–H and O–H groups in total. The van der Waals surface area contributed by atoms with E-state index in [2.05, 4.69) is 5.32 Å². The molecule has 0 saturated carbocycles. The van der Waals surface area contributed by atoms with Crippen molar-refractivity contribution in [2.75, 3.05) is 18.5 Å². The normalized spacial score (nSPS) is 10.4. The second-order valence-corrected chi connectivity index (χ2v) is 5.49. The highest BCUT2D eigenvalue weighted by atomic mass is 16.5. The largest absolute Gasteiger partial charge is 0.494 e. The number of aliphatic hydroxyl groups is 1. The minimum atomic E-state index is -1.10. The highest BCUT2D eigenvalue weighted by molar-refractivity contribution is 5.91. The average molecular weight is 329 g/mol. The first kappa shape index (κ1) is 17.8. The lowest BCUT2D eigenvalue weighted by Crippen LogP contribution is -2.08. The Bertz CT molecular complexity index is 643. The molecule has 0 aliphatic rings. The number of amides is 1. The maximum absolute atomic E-state index is 11.1. The number of benzene rings is 2. The summed E-state index contributed by atoms with van der Waals surface area (Å²) >= 11 is 0. The molecule has 0 aliphatic carbocycles. The molecule has 0 spiro atoms. The van der Waals surface area contributed by atoms with Crippen LogP contribution < -0.4 is 10.1 Å². The van der Waals surface area contributed by atoms with Crippen molar-refractivity contribution in [2.24, 2.45) is 0 Å². The number of unbranched alkanes of at least 4 members (excludes halogenated alkanes) is 3. The van der Waals surface area contributed by atoms with E-state index in [1.54, 1.807) is 6.07 Å². The molecule has 2 aromatic rings. The molecule has 0 bridgehead atoms. The zero-order chi connectivity index (χ0) is 17.2. The minimum Gasteiger partial charge on any atom is -0.494 e. The second kappa shape index (κ2) is 9.57. The van der Waals surface area contributed by atoms with Crippen LogP contribution in [0.4, 0.5) is 10.5 Å². The van der Waals surface area contributed by atoms with Gasteiger partial charge in [0.2, 0.25) is 0 Å². The summed E-state index contributed by atoms with van der Waals surface area (Å²) in [6.45, 7) is 0.800. The van der Waals surface area contributed by atoms with Crippen molar-refractivity contribution in [1.29, 1.82) is 0 Å². The van der Waals surface area contributed by atoms with Gasteiger partial charge in [-0.25, -0.2) is 4.79 Å². The number of carbonyl (C=O) groups is 1. The van der Waals surface area contributed by atoms with Gasteiger partial charge in [-0.15, -0.1) is 0 Å². The molecule has 0 saturated heterocycles. The predicted octanol–water partition coefficient (Wildman–Crippen LogP) is 4.38. The first-order valence-electron chi connectivity index (χ1n) is 8.14. The Kier molecular flexibility index (Phi) is 7.11. The van der Waals surface area contributed by atoms with E-state index in [1.807, 2.05) is 42.5 Å². The quantitative estimate of drug-likeness (QED) is 0.597. The predicted molar refractivity (Wildman–Crippen MR) is 94.6 cm³/mol. The lowest BCUT2D eigenvalue weighted by molar-refractivity contribution is 0.209. The van der Waals surface area contributed by atoms with Gasteiger partial charge in [0.1, 0.15) is 5.75 Å². The maximum Gasteiger partial charge on any atom is 0.409 e. The molecule has 128 valence electrons. The zero-order valence-electron chi connectivity index (χ0n) is 13.6. The standard InChI is InChI=1S/C19H23NO4/c21-12-6-1-2-7-13-24-16-10-11-17(15-8-4-3-5-9-15)18(14-16)20-19(22)23/h3-5,8-11,14,20-21H,1-2,6-7,12-13H2,(H,22,23). The summed E-state index contributed by atoms with van der Waals surface area (Å²) in [5, 5.41) is 20.2. The van der Waals surface area contributed by atoms with E-state index in [0.29, 0.717) is 18.0 Å². The van der Waals surface area contributed by atoms with Crippen LogP contribution in [-0.4, -0.2) is 29.5 Å². The minimum absolute atomic E-state index is 0.228. The van der Waals surface area contributed by atoms with Crippen molar-refractivity contribution < 1.29 is 19.7 Å². The summed E-state index contributed by atoms with van der Waals surface area (Å²) in [6, 6.07) is 15.0. The number of ether oxygens (including phenoxy) is 1. The van der Waals surface area contributed by atoms with E-state index >= 15 is 0 Å². The van der Waals surface area contributed by atoms with Crippen molar-refractivity contribution in [3.8, 4) is 16.9 Å². The van der Waals surface area contributed by atoms with Gasteiger partial charge in [-0.1, -0.05) is 36.8 Å². The molecular formula is C19H23NO4. The Morgan fingerprint density at radius 1 is 1.00 bits per heavy atom. The van der Waals surface area contributed by atoms with Crippen LogP contribution in [-0.2, 0) is 0 Å². The fourth-order valence-electron chi connectivity index (χ4n) is 2.46. The molecule has 5 nitrogen and oxygen atoms in total. The van der Waals surface area contributed by atoms with Gasteiger partial charge in [0.05, 0.1) is 12.3 Å². The molecule has 24 heavy (non-hydrogen) atoms. The number of nitrogens with one attached hydrogen (secondary N) is 1. The third-order valence-corrected chi connectivity index (χ3v) is 3.64. The highest BCUT2D eigenvalue weighted by Crippen LogP contribution is 2.31. The molecule has 0 aromatic heterocycles. The van der Waals surface area contributed by atoms with E-state index in [0.717, 1.165) is 36.8 Å². The number of anilines is 1. The van der Waals surface area contributed by atoms with Gasteiger partial charge in [0, 0.05) is 18.2 Å². The van der Waals surface area contributed by atoms with Crippen molar-refractivity contribution in [3.05, 3.63) is 48.5 Å². The van der Waals surface area contributed by atoms with E-state index in [9.17, 15) is 4.79 Å². The Balaban J connectivity index is 2.05. The third kappa shape index (κ3) is 5.59. The topological polar surface area (TPSA) is 78.8 Å². The van der Waals surface area contributed by atoms with E-state index in [4.69, 9.17) is 14.9 Å². The number of hydrogen-bond acceptors (Lipinski definition) is 3. The van der Waals surface area contributed by atoms with Gasteiger partial charge in [0.15, 0.2) is 0 Å². The SMILES string of the molecule is O=C(O)Nc1cc(OCCCCCCO)ccc1-c1ccccc1. The molecule has 2 aromatic carbocycles. The van der Waals surface area contributed by atoms with Crippen LogP contribution in [0.25, 0.3) is 11.1 Å². The number of hydrogen-bond donors (Lipinski definition) is 3. The van der Waals surface area contributed by atoms with Crippen LogP contribution in [0.3, 0.4) is 0 Å². The van der Waals surface area contributed by atoms with Gasteiger partial charge in [0.25, 0.3) is 0 Å². The van der Waals surface area contributed by atoms with Gasteiger partial charge in [-0.3, -0.25) is 5.32 Å². The average Bonchev–Trinajstić information content (AvgIpc) is 2.58. The van der Waals surface area contributed by atoms with E-state index in [1.165, 1.54) is 0 Å². The molecule has 1 amide bonds. The van der Waals surface area contributed by atoms with Crippen LogP contribution in [0.5, 0.6) is 5.75 Å². The molecule has 0 atom stereocenters. The van der Waals surface area contributed by atoms with Crippen LogP contribution in [0.15, 0.2) is 48.5 Å². The molecule has 0 unspecified atom stereocenters. The van der Waals surface area contributed by atoms with Gasteiger partial charge < -0.3 is 14.9 Å². The maximum atomic E-state index is 11.1. The van der Waals surface area contributed by atoms with Crippen LogP contribution in [0.1, 0.15) is 25.7 Å². The molecular weight excluding hydrogens is 306 g/mol. The van der Waals surface area contributed by atoms with Crippen molar-refractivity contribution in [3.63, 3.8) is 0 Å². The molecule has 5 heteroatoms. The Morgan fingerprint density at radius 2 is 1.75 bits per heavy atom. The Morgan fingerprint density at radius 3 is 2.46 bits per heavy atom. The van der Waals surface area contributed by atoms with Gasteiger partial charge in [-0.2, -0.15) is 0 Å². The molecule has 0 heterocycles. The number of rotatable bonds is 9. The second-order valence-electron chi connectivity index (χ2n) is 5.49. The summed E-state index contributed by atoms with van der Waals surface area (Å²) in [7, 11) is 0. The summed E-state index contributed by atoms with van der Waals surface area (Å²) in [5.41, 5.74) is 2.26. The van der Waals surface area contributed by atoms with E-state index < -0.39 is 6.09 Å². The third-order valence-electron chi connectivity index (χ3n) is 3.64. The summed E-state index contributed by atoms with van der Waals surface area (Å²) < 4.78 is 5.70. The van der Waals surface area contributed by atoms with Gasteiger partial charge in [-0.05, 0) is 37.0 Å². The number of carboxylic acid groups (broad SMARTS) is 1. The van der Waals surface area contributed by atoms with Crippen molar-refractivity contribution in [2.45, 2.75) is 25.7 Å². The van der Waals surface area contributed by atoms with Crippen molar-refractivity contribution in [1.82, 2.24) is 0 Å². The van der Waals surface area contributed by atoms with Crippen LogP contribution in [0.2, 0.25) is 0 Å². The molecule has 2 rings (SSSR count). The fourth-order valence-corrected chi connectivity index (χ4v) is 2.46. The first-order valence-corrected chi connectivity index (χ1v) is 8.14. The summed E-state index contributed by atoms with van der Waals surface area (Å²) in [5.74, 6) is 0.639. The lowest BCUT2D eigenvalue weighted by Gasteiger charge is -2.13. The number of aliphatic hydroxyl groups excluding tert-OH is 1. The van der Waals surface area contributed by atoms with Crippen molar-refractivity contribution >= 4 is 11.8 Å². The van der Waals surface area contributed by atoms with E-state index in [-0.39, 0.29) is 6.61 Å². The summed E-state index contributed by atoms with van der Waals surface area (Å²) in [4.78, 5) is 11.1. The first-order chi connectivity index (χ1) is 11.7. The van der Waals surface area contributed by atoms with Gasteiger partial charge >= 0.3 is 6.09 Å². The molecule has 0 radical (unpaired) electrons. The molecule has 0 aliphatic heterocycles.